The van der Waals surface area contributed by atoms with Crippen LogP contribution in [0.25, 0.3) is 0 Å². The number of esters is 2. The minimum atomic E-state index is -2.04. The monoisotopic (exact) mass is 668 g/mol. The zero-order valence-electron chi connectivity index (χ0n) is 28.3. The summed E-state index contributed by atoms with van der Waals surface area (Å²) in [5, 5.41) is 99.9. The van der Waals surface area contributed by atoms with Gasteiger partial charge in [0, 0.05) is 52.4 Å². The molecular weight excluding hydrogens is 608 g/mol. The molecule has 10 N–H and O–H groups in total. The smallest absolute Gasteiger partial charge is 0.312 e. The average Bonchev–Trinajstić information content (AvgIpc) is 2.84. The summed E-state index contributed by atoms with van der Waals surface area (Å²) in [6.45, 7) is 7.34. The van der Waals surface area contributed by atoms with Crippen molar-refractivity contribution < 1.29 is 70.1 Å². The van der Waals surface area contributed by atoms with Gasteiger partial charge in [0.25, 0.3) is 0 Å². The Hall–Kier alpha value is -1.46. The summed E-state index contributed by atoms with van der Waals surface area (Å²) in [6, 6.07) is 0. The maximum Gasteiger partial charge on any atom is 0.312 e. The van der Waals surface area contributed by atoms with Gasteiger partial charge in [-0.05, 0) is 78.1 Å². The quantitative estimate of drug-likeness (QED) is 0.0647. The van der Waals surface area contributed by atoms with Crippen LogP contribution >= 0.6 is 0 Å². The fourth-order valence-electron chi connectivity index (χ4n) is 6.07. The lowest BCUT2D eigenvalue weighted by atomic mass is 9.79. The molecule has 1 rings (SSSR count). The van der Waals surface area contributed by atoms with Crippen LogP contribution in [0.2, 0.25) is 0 Å². The molecule has 6 atom stereocenters. The molecule has 0 aromatic heterocycles. The molecule has 0 heterocycles. The van der Waals surface area contributed by atoms with E-state index < -0.39 is 70.3 Å². The second kappa shape index (κ2) is 16.8. The van der Waals surface area contributed by atoms with Gasteiger partial charge in [-0.25, -0.2) is 0 Å². The van der Waals surface area contributed by atoms with Crippen LogP contribution in [0.1, 0.15) is 131 Å². The van der Waals surface area contributed by atoms with Crippen molar-refractivity contribution in [1.82, 2.24) is 0 Å². The predicted molar refractivity (Wildman–Crippen MR) is 163 cm³/mol. The zero-order chi connectivity index (χ0) is 35.8. The largest absolute Gasteiger partial charge is 0.433 e. The van der Waals surface area contributed by atoms with E-state index in [9.17, 15) is 60.7 Å². The predicted octanol–water partition coefficient (Wildman–Crippen LogP) is 1.23. The van der Waals surface area contributed by atoms with E-state index in [1.54, 1.807) is 0 Å². The van der Waals surface area contributed by atoms with Crippen molar-refractivity contribution in [2.24, 2.45) is 23.7 Å². The van der Waals surface area contributed by atoms with Gasteiger partial charge < -0.3 is 60.5 Å². The van der Waals surface area contributed by atoms with Gasteiger partial charge in [0.15, 0.2) is 23.1 Å². The zero-order valence-corrected chi connectivity index (χ0v) is 28.3. The molecule has 46 heavy (non-hydrogen) atoms. The fourth-order valence-corrected chi connectivity index (χ4v) is 6.07. The van der Waals surface area contributed by atoms with Crippen molar-refractivity contribution in [3.8, 4) is 0 Å². The first kappa shape index (κ1) is 42.6. The van der Waals surface area contributed by atoms with E-state index in [1.165, 1.54) is 41.5 Å². The normalized spacial score (nSPS) is 22.3. The summed E-state index contributed by atoms with van der Waals surface area (Å²) < 4.78 is 10.9. The van der Waals surface area contributed by atoms with Crippen LogP contribution in [0.15, 0.2) is 0 Å². The van der Waals surface area contributed by atoms with Crippen molar-refractivity contribution in [3.05, 3.63) is 0 Å². The van der Waals surface area contributed by atoms with Gasteiger partial charge in [0.1, 0.15) is 0 Å². The molecule has 0 aliphatic heterocycles. The molecule has 6 unspecified atom stereocenters. The van der Waals surface area contributed by atoms with E-state index in [1.807, 2.05) is 0 Å². The van der Waals surface area contributed by atoms with E-state index in [0.717, 1.165) is 0 Å². The summed E-state index contributed by atoms with van der Waals surface area (Å²) in [5.41, 5.74) is 0. The van der Waals surface area contributed by atoms with Crippen molar-refractivity contribution in [2.75, 3.05) is 0 Å². The fraction of sp³-hybridized carbons (Fsp3) is 0.938. The summed E-state index contributed by atoms with van der Waals surface area (Å²) in [5.74, 6) is -16.4. The van der Waals surface area contributed by atoms with Gasteiger partial charge >= 0.3 is 11.9 Å². The molecule has 14 heteroatoms. The lowest BCUT2D eigenvalue weighted by molar-refractivity contribution is -0.223. The summed E-state index contributed by atoms with van der Waals surface area (Å²) in [7, 11) is 0. The number of carbonyl (C=O) groups is 2. The highest BCUT2D eigenvalue weighted by atomic mass is 16.7. The lowest BCUT2D eigenvalue weighted by Gasteiger charge is -2.34. The maximum absolute atomic E-state index is 13.2. The first-order valence-corrected chi connectivity index (χ1v) is 16.3. The molecule has 0 amide bonds. The number of aliphatic hydroxyl groups is 10. The Kier molecular flexibility index (Phi) is 15.5. The average molecular weight is 669 g/mol. The molecule has 0 aromatic rings. The second-order valence-electron chi connectivity index (χ2n) is 14.9. The molecule has 1 aliphatic carbocycles. The van der Waals surface area contributed by atoms with Crippen LogP contribution in [0.5, 0.6) is 0 Å². The van der Waals surface area contributed by atoms with Crippen LogP contribution in [0, 0.1) is 23.7 Å². The van der Waals surface area contributed by atoms with Gasteiger partial charge in [-0.2, -0.15) is 0 Å². The molecular formula is C32H60O14. The maximum atomic E-state index is 13.2. The number of hydrogen-bond donors (Lipinski definition) is 10. The minimum absolute atomic E-state index is 0.0566. The van der Waals surface area contributed by atoms with E-state index in [4.69, 9.17) is 9.47 Å². The van der Waals surface area contributed by atoms with Gasteiger partial charge in [-0.3, -0.25) is 9.59 Å². The Labute approximate surface area is 272 Å². The standard InChI is InChI=1S/C32H60O14/c1-27(35,36)15-11-21(19-29(3,39)40)13-17-31(5,43)45-25(33)23-9-7-8-10-24(23)26(34)46-32(6,44)18-14-22(20-30(4,41)42)12-16-28(2,37)38/h21-24,35-44H,7-20H2,1-6H3. The molecule has 1 saturated carbocycles. The van der Waals surface area contributed by atoms with Crippen molar-refractivity contribution in [3.63, 3.8) is 0 Å². The van der Waals surface area contributed by atoms with E-state index in [0.29, 0.717) is 12.8 Å². The second-order valence-corrected chi connectivity index (χ2v) is 14.9. The Balaban J connectivity index is 2.87. The summed E-state index contributed by atoms with van der Waals surface area (Å²) in [6.07, 6.45) is 1.97. The first-order chi connectivity index (χ1) is 20.6. The Bertz CT molecular complexity index is 860. The summed E-state index contributed by atoms with van der Waals surface area (Å²) >= 11 is 0. The van der Waals surface area contributed by atoms with Gasteiger partial charge in [-0.15, -0.1) is 0 Å². The molecule has 0 saturated heterocycles. The third kappa shape index (κ3) is 19.4. The van der Waals surface area contributed by atoms with Crippen LogP contribution < -0.4 is 0 Å². The van der Waals surface area contributed by atoms with E-state index in [-0.39, 0.29) is 77.0 Å². The van der Waals surface area contributed by atoms with Gasteiger partial charge in [0.05, 0.1) is 11.8 Å². The van der Waals surface area contributed by atoms with E-state index in [2.05, 4.69) is 0 Å². The van der Waals surface area contributed by atoms with Crippen molar-refractivity contribution >= 4 is 11.9 Å². The Morgan fingerprint density at radius 1 is 0.522 bits per heavy atom. The SMILES string of the molecule is CC(O)(O)CCC(CCC(C)(O)OC(=O)C1CCCCC1C(=O)OC(C)(O)CCC(CCC(C)(O)O)CC(C)(O)O)CC(C)(O)O. The topological polar surface area (TPSA) is 255 Å². The lowest BCUT2D eigenvalue weighted by Crippen LogP contribution is -2.43. The Morgan fingerprint density at radius 2 is 0.804 bits per heavy atom. The molecule has 0 bridgehead atoms. The first-order valence-electron chi connectivity index (χ1n) is 16.3. The van der Waals surface area contributed by atoms with Crippen LogP contribution in [-0.2, 0) is 19.1 Å². The van der Waals surface area contributed by atoms with Gasteiger partial charge in [-0.1, -0.05) is 12.8 Å². The third-order valence-corrected chi connectivity index (χ3v) is 8.45. The van der Waals surface area contributed by atoms with Crippen LogP contribution in [0.3, 0.4) is 0 Å². The number of carbonyl (C=O) groups excluding carboxylic acids is 2. The van der Waals surface area contributed by atoms with Gasteiger partial charge in [0.2, 0.25) is 11.6 Å². The van der Waals surface area contributed by atoms with Crippen LogP contribution in [-0.4, -0.2) is 97.7 Å². The minimum Gasteiger partial charge on any atom is -0.433 e. The van der Waals surface area contributed by atoms with Crippen molar-refractivity contribution in [1.29, 1.82) is 0 Å². The summed E-state index contributed by atoms with van der Waals surface area (Å²) in [4.78, 5) is 26.5. The number of ether oxygens (including phenoxy) is 2. The molecule has 0 spiro atoms. The highest BCUT2D eigenvalue weighted by molar-refractivity contribution is 5.82. The Morgan fingerprint density at radius 3 is 1.07 bits per heavy atom. The number of rotatable bonds is 20. The van der Waals surface area contributed by atoms with E-state index >= 15 is 0 Å². The number of hydrogen-bond acceptors (Lipinski definition) is 14. The third-order valence-electron chi connectivity index (χ3n) is 8.45. The molecule has 0 radical (unpaired) electrons. The van der Waals surface area contributed by atoms with Crippen molar-refractivity contribution in [2.45, 2.75) is 166 Å². The molecule has 14 nitrogen and oxygen atoms in total. The highest BCUT2D eigenvalue weighted by Crippen LogP contribution is 2.36. The van der Waals surface area contributed by atoms with Crippen LogP contribution in [0.4, 0.5) is 0 Å². The molecule has 272 valence electrons. The molecule has 0 aromatic carbocycles. The molecule has 1 aliphatic rings. The highest BCUT2D eigenvalue weighted by Gasteiger charge is 2.43. The molecule has 1 fully saturated rings.